The van der Waals surface area contributed by atoms with Crippen LogP contribution in [0, 0.1) is 5.82 Å². The molecule has 1 atom stereocenters. The first-order valence-electron chi connectivity index (χ1n) is 6.03. The van der Waals surface area contributed by atoms with Gasteiger partial charge < -0.3 is 5.32 Å². The van der Waals surface area contributed by atoms with Crippen LogP contribution in [-0.2, 0) is 11.2 Å². The van der Waals surface area contributed by atoms with E-state index in [1.165, 1.54) is 17.7 Å². The van der Waals surface area contributed by atoms with E-state index in [-0.39, 0.29) is 17.0 Å². The molecule has 4 heteroatoms. The summed E-state index contributed by atoms with van der Waals surface area (Å²) in [7, 11) is 0. The van der Waals surface area contributed by atoms with Gasteiger partial charge in [-0.2, -0.15) is 0 Å². The molecule has 1 N–H and O–H groups in total. The fourth-order valence-electron chi connectivity index (χ4n) is 2.12. The van der Waals surface area contributed by atoms with Crippen molar-refractivity contribution < 1.29 is 9.18 Å². The van der Waals surface area contributed by atoms with E-state index in [2.05, 4.69) is 5.32 Å². The summed E-state index contributed by atoms with van der Waals surface area (Å²) < 4.78 is 13.1. The second-order valence-corrected chi connectivity index (χ2v) is 5.66. The predicted molar refractivity (Wildman–Crippen MR) is 74.8 cm³/mol. The average molecular weight is 273 g/mol. The molecule has 0 spiro atoms. The number of thioether (sulfide) groups is 1. The topological polar surface area (TPSA) is 29.1 Å². The molecule has 0 saturated heterocycles. The number of carbonyl (C=O) groups is 1. The van der Waals surface area contributed by atoms with Crippen molar-refractivity contribution in [2.45, 2.75) is 16.6 Å². The molecule has 0 saturated carbocycles. The summed E-state index contributed by atoms with van der Waals surface area (Å²) in [5.41, 5.74) is 1.70. The summed E-state index contributed by atoms with van der Waals surface area (Å²) in [6.07, 6.45) is 0.724. The molecule has 0 fully saturated rings. The molecule has 1 heterocycles. The van der Waals surface area contributed by atoms with E-state index in [0.717, 1.165) is 11.3 Å². The molecule has 1 amide bonds. The lowest BCUT2D eigenvalue weighted by molar-refractivity contribution is -0.115. The molecule has 2 aromatic carbocycles. The van der Waals surface area contributed by atoms with Crippen molar-refractivity contribution in [3.8, 4) is 0 Å². The van der Waals surface area contributed by atoms with Crippen LogP contribution < -0.4 is 5.32 Å². The van der Waals surface area contributed by atoms with Gasteiger partial charge in [0.05, 0.1) is 5.25 Å². The van der Waals surface area contributed by atoms with Crippen molar-refractivity contribution in [1.82, 2.24) is 0 Å². The molecular formula is C15H12FNOS. The van der Waals surface area contributed by atoms with Gasteiger partial charge in [-0.25, -0.2) is 4.39 Å². The lowest BCUT2D eigenvalue weighted by atomic mass is 10.1. The van der Waals surface area contributed by atoms with E-state index in [1.807, 2.05) is 24.3 Å². The number of anilines is 1. The summed E-state index contributed by atoms with van der Waals surface area (Å²) >= 11 is 1.56. The second kappa shape index (κ2) is 5.05. The molecule has 2 nitrogen and oxygen atoms in total. The SMILES string of the molecule is O=C(Nc1cccc(F)c1)C1Cc2ccccc2S1. The number of carbonyl (C=O) groups excluding carboxylic acids is 1. The highest BCUT2D eigenvalue weighted by molar-refractivity contribution is 8.01. The molecule has 1 aliphatic rings. The monoisotopic (exact) mass is 273 g/mol. The van der Waals surface area contributed by atoms with Gasteiger partial charge in [-0.05, 0) is 36.2 Å². The highest BCUT2D eigenvalue weighted by atomic mass is 32.2. The number of halogens is 1. The van der Waals surface area contributed by atoms with Crippen molar-refractivity contribution in [3.05, 3.63) is 59.9 Å². The van der Waals surface area contributed by atoms with Crippen molar-refractivity contribution in [3.63, 3.8) is 0 Å². The first kappa shape index (κ1) is 12.2. The first-order valence-corrected chi connectivity index (χ1v) is 6.91. The van der Waals surface area contributed by atoms with Crippen LogP contribution in [0.25, 0.3) is 0 Å². The largest absolute Gasteiger partial charge is 0.325 e. The smallest absolute Gasteiger partial charge is 0.238 e. The quantitative estimate of drug-likeness (QED) is 0.907. The zero-order chi connectivity index (χ0) is 13.2. The molecule has 0 bridgehead atoms. The molecule has 19 heavy (non-hydrogen) atoms. The number of rotatable bonds is 2. The lowest BCUT2D eigenvalue weighted by Crippen LogP contribution is -2.24. The van der Waals surface area contributed by atoms with Crippen LogP contribution in [-0.4, -0.2) is 11.2 Å². The molecule has 2 aromatic rings. The summed E-state index contributed by atoms with van der Waals surface area (Å²) in [5.74, 6) is -0.424. The average Bonchev–Trinajstić information content (AvgIpc) is 2.82. The van der Waals surface area contributed by atoms with Crippen LogP contribution >= 0.6 is 11.8 Å². The number of benzene rings is 2. The van der Waals surface area contributed by atoms with Gasteiger partial charge >= 0.3 is 0 Å². The van der Waals surface area contributed by atoms with Gasteiger partial charge in [-0.1, -0.05) is 24.3 Å². The Morgan fingerprint density at radius 3 is 2.84 bits per heavy atom. The maximum atomic E-state index is 13.1. The highest BCUT2D eigenvalue weighted by Gasteiger charge is 2.27. The number of hydrogen-bond acceptors (Lipinski definition) is 2. The van der Waals surface area contributed by atoms with Crippen molar-refractivity contribution in [2.75, 3.05) is 5.32 Å². The van der Waals surface area contributed by atoms with Crippen molar-refractivity contribution in [1.29, 1.82) is 0 Å². The van der Waals surface area contributed by atoms with Gasteiger partial charge in [0.15, 0.2) is 0 Å². The van der Waals surface area contributed by atoms with Crippen LogP contribution in [0.1, 0.15) is 5.56 Å². The normalized spacial score (nSPS) is 17.0. The predicted octanol–water partition coefficient (Wildman–Crippen LogP) is 3.48. The molecule has 0 aromatic heterocycles. The molecule has 3 rings (SSSR count). The Labute approximate surface area is 115 Å². The standard InChI is InChI=1S/C15H12FNOS/c16-11-5-3-6-12(9-11)17-15(18)14-8-10-4-1-2-7-13(10)19-14/h1-7,9,14H,8H2,(H,17,18). The summed E-state index contributed by atoms with van der Waals surface area (Å²) in [6.45, 7) is 0. The molecule has 1 aliphatic heterocycles. The van der Waals surface area contributed by atoms with E-state index >= 15 is 0 Å². The van der Waals surface area contributed by atoms with Gasteiger partial charge in [0.1, 0.15) is 5.82 Å². The van der Waals surface area contributed by atoms with Crippen LogP contribution in [0.15, 0.2) is 53.4 Å². The number of hydrogen-bond donors (Lipinski definition) is 1. The third kappa shape index (κ3) is 2.63. The van der Waals surface area contributed by atoms with E-state index in [1.54, 1.807) is 23.9 Å². The van der Waals surface area contributed by atoms with Crippen LogP contribution in [0.3, 0.4) is 0 Å². The van der Waals surface area contributed by atoms with Crippen molar-refractivity contribution >= 4 is 23.4 Å². The van der Waals surface area contributed by atoms with Gasteiger partial charge in [0.2, 0.25) is 5.91 Å². The van der Waals surface area contributed by atoms with E-state index in [0.29, 0.717) is 5.69 Å². The molecule has 0 aliphatic carbocycles. The minimum absolute atomic E-state index is 0.0770. The van der Waals surface area contributed by atoms with E-state index in [4.69, 9.17) is 0 Å². The second-order valence-electron chi connectivity index (χ2n) is 4.42. The third-order valence-electron chi connectivity index (χ3n) is 3.03. The maximum absolute atomic E-state index is 13.1. The Hall–Kier alpha value is -1.81. The summed E-state index contributed by atoms with van der Waals surface area (Å²) in [6, 6.07) is 14.0. The van der Waals surface area contributed by atoms with E-state index < -0.39 is 0 Å². The van der Waals surface area contributed by atoms with Crippen LogP contribution in [0.2, 0.25) is 0 Å². The molecule has 0 radical (unpaired) electrons. The Balaban J connectivity index is 1.70. The van der Waals surface area contributed by atoms with Gasteiger partial charge in [0, 0.05) is 10.6 Å². The Bertz CT molecular complexity index is 604. The zero-order valence-electron chi connectivity index (χ0n) is 10.1. The number of nitrogens with one attached hydrogen (secondary N) is 1. The van der Waals surface area contributed by atoms with Gasteiger partial charge in [-0.15, -0.1) is 11.8 Å². The van der Waals surface area contributed by atoms with Gasteiger partial charge in [-0.3, -0.25) is 4.79 Å². The summed E-state index contributed by atoms with van der Waals surface area (Å²) in [5, 5.41) is 2.62. The van der Waals surface area contributed by atoms with Crippen molar-refractivity contribution in [2.24, 2.45) is 0 Å². The fraction of sp³-hybridized carbons (Fsp3) is 0.133. The van der Waals surface area contributed by atoms with Gasteiger partial charge in [0.25, 0.3) is 0 Å². The number of amides is 1. The first-order chi connectivity index (χ1) is 9.22. The highest BCUT2D eigenvalue weighted by Crippen LogP contribution is 2.37. The minimum atomic E-state index is -0.347. The Morgan fingerprint density at radius 2 is 2.05 bits per heavy atom. The fourth-order valence-corrected chi connectivity index (χ4v) is 3.31. The molecule has 96 valence electrons. The maximum Gasteiger partial charge on any atom is 0.238 e. The zero-order valence-corrected chi connectivity index (χ0v) is 10.9. The summed E-state index contributed by atoms with van der Waals surface area (Å²) in [4.78, 5) is 13.3. The number of fused-ring (bicyclic) bond motifs is 1. The van der Waals surface area contributed by atoms with E-state index in [9.17, 15) is 9.18 Å². The van der Waals surface area contributed by atoms with Crippen LogP contribution in [0.4, 0.5) is 10.1 Å². The Morgan fingerprint density at radius 1 is 1.21 bits per heavy atom. The molecule has 1 unspecified atom stereocenters. The lowest BCUT2D eigenvalue weighted by Gasteiger charge is -2.09. The minimum Gasteiger partial charge on any atom is -0.325 e. The third-order valence-corrected chi connectivity index (χ3v) is 4.35. The molecular weight excluding hydrogens is 261 g/mol. The Kier molecular flexibility index (Phi) is 3.25. The van der Waals surface area contributed by atoms with Crippen LogP contribution in [0.5, 0.6) is 0 Å².